The van der Waals surface area contributed by atoms with Crippen LogP contribution in [0.3, 0.4) is 0 Å². The topological polar surface area (TPSA) is 89.8 Å². The third kappa shape index (κ3) is 6.61. The lowest BCUT2D eigenvalue weighted by Crippen LogP contribution is -2.24. The molecule has 7 nitrogen and oxygen atoms in total. The van der Waals surface area contributed by atoms with Gasteiger partial charge in [0.05, 0.1) is 26.4 Å². The number of ether oxygens (including phenoxy) is 4. The van der Waals surface area contributed by atoms with E-state index < -0.39 is 5.91 Å². The number of halogens is 1. The molecule has 1 amide bonds. The largest absolute Gasteiger partial charge is 0.497 e. The number of carbonyl (C=O) groups is 1. The molecular formula is C31H27ClN2O5. The van der Waals surface area contributed by atoms with E-state index >= 15 is 0 Å². The molecule has 0 spiro atoms. The van der Waals surface area contributed by atoms with Gasteiger partial charge in [-0.3, -0.25) is 4.79 Å². The maximum absolute atomic E-state index is 12.8. The summed E-state index contributed by atoms with van der Waals surface area (Å²) in [4.78, 5) is 12.8. The average Bonchev–Trinajstić information content (AvgIpc) is 2.97. The second-order valence-electron chi connectivity index (χ2n) is 8.53. The molecule has 4 aromatic carbocycles. The minimum absolute atomic E-state index is 0.0922. The van der Waals surface area contributed by atoms with Crippen molar-refractivity contribution in [2.45, 2.75) is 13.2 Å². The standard InChI is InChI=1S/C31H27ClN2O5/c1-36-26-11-10-24(28(16-26)37-2)18-34-31(35)25(17-33)13-21-14-27(32)30(29(15-21)38-3)39-19-20-8-9-22-6-4-5-7-23(22)12-20/h4-16H,18-19H2,1-3H3,(H,34,35)/b25-13+. The van der Waals surface area contributed by atoms with Gasteiger partial charge in [-0.05, 0) is 58.3 Å². The van der Waals surface area contributed by atoms with Gasteiger partial charge in [0.25, 0.3) is 5.91 Å². The highest BCUT2D eigenvalue weighted by molar-refractivity contribution is 6.32. The molecule has 4 rings (SSSR count). The van der Waals surface area contributed by atoms with Crippen LogP contribution in [0.5, 0.6) is 23.0 Å². The number of carbonyl (C=O) groups excluding carboxylic acids is 1. The average molecular weight is 543 g/mol. The Labute approximate surface area is 232 Å². The Morgan fingerprint density at radius 2 is 1.69 bits per heavy atom. The lowest BCUT2D eigenvalue weighted by molar-refractivity contribution is -0.117. The molecule has 0 unspecified atom stereocenters. The summed E-state index contributed by atoms with van der Waals surface area (Å²) in [6.45, 7) is 0.452. The van der Waals surface area contributed by atoms with Crippen LogP contribution in [0.15, 0.2) is 78.4 Å². The van der Waals surface area contributed by atoms with Crippen LogP contribution in [0, 0.1) is 11.3 Å². The van der Waals surface area contributed by atoms with Gasteiger partial charge in [0.1, 0.15) is 29.7 Å². The molecule has 0 saturated heterocycles. The Morgan fingerprint density at radius 3 is 2.41 bits per heavy atom. The SMILES string of the molecule is COc1ccc(CNC(=O)/C(C#N)=C/c2cc(Cl)c(OCc3ccc4ccccc4c3)c(OC)c2)c(OC)c1. The first-order chi connectivity index (χ1) is 18.9. The number of nitrogens with one attached hydrogen (secondary N) is 1. The molecule has 0 atom stereocenters. The van der Waals surface area contributed by atoms with Gasteiger partial charge in [-0.25, -0.2) is 0 Å². The molecule has 0 aromatic heterocycles. The van der Waals surface area contributed by atoms with Gasteiger partial charge in [0.15, 0.2) is 11.5 Å². The van der Waals surface area contributed by atoms with E-state index in [0.29, 0.717) is 33.6 Å². The third-order valence-corrected chi connectivity index (χ3v) is 6.34. The summed E-state index contributed by atoms with van der Waals surface area (Å²) in [5, 5.41) is 15.0. The van der Waals surface area contributed by atoms with Crippen molar-refractivity contribution in [1.82, 2.24) is 5.32 Å². The number of nitrogens with zero attached hydrogens (tertiary/aromatic N) is 1. The summed E-state index contributed by atoms with van der Waals surface area (Å²) >= 11 is 6.54. The molecule has 0 bridgehead atoms. The fourth-order valence-corrected chi connectivity index (χ4v) is 4.30. The maximum Gasteiger partial charge on any atom is 0.262 e. The minimum atomic E-state index is -0.540. The Kier molecular flexibility index (Phi) is 8.93. The zero-order chi connectivity index (χ0) is 27.8. The Bertz CT molecular complexity index is 1580. The lowest BCUT2D eigenvalue weighted by Gasteiger charge is -2.14. The zero-order valence-electron chi connectivity index (χ0n) is 21.8. The fraction of sp³-hybridized carbons (Fsp3) is 0.161. The van der Waals surface area contributed by atoms with Crippen molar-refractivity contribution in [3.05, 3.63) is 100 Å². The molecule has 0 radical (unpaired) electrons. The summed E-state index contributed by atoms with van der Waals surface area (Å²) in [7, 11) is 4.60. The van der Waals surface area contributed by atoms with Crippen molar-refractivity contribution in [2.75, 3.05) is 21.3 Å². The predicted octanol–water partition coefficient (Wildman–Crippen LogP) is 6.32. The first kappa shape index (κ1) is 27.4. The summed E-state index contributed by atoms with van der Waals surface area (Å²) < 4.78 is 22.1. The van der Waals surface area contributed by atoms with Crippen molar-refractivity contribution in [3.8, 4) is 29.1 Å². The van der Waals surface area contributed by atoms with E-state index in [1.807, 2.05) is 36.4 Å². The van der Waals surface area contributed by atoms with Gasteiger partial charge in [0.2, 0.25) is 0 Å². The van der Waals surface area contributed by atoms with Crippen LogP contribution in [0.4, 0.5) is 0 Å². The van der Waals surface area contributed by atoms with Crippen LogP contribution >= 0.6 is 11.6 Å². The van der Waals surface area contributed by atoms with Gasteiger partial charge >= 0.3 is 0 Å². The van der Waals surface area contributed by atoms with Crippen LogP contribution in [0.1, 0.15) is 16.7 Å². The summed E-state index contributed by atoms with van der Waals surface area (Å²) in [5.41, 5.74) is 2.14. The molecule has 0 heterocycles. The zero-order valence-corrected chi connectivity index (χ0v) is 22.5. The van der Waals surface area contributed by atoms with E-state index in [2.05, 4.69) is 17.4 Å². The predicted molar refractivity (Wildman–Crippen MR) is 151 cm³/mol. The highest BCUT2D eigenvalue weighted by Crippen LogP contribution is 2.37. The Hall–Kier alpha value is -4.67. The van der Waals surface area contributed by atoms with Gasteiger partial charge in [0, 0.05) is 18.2 Å². The summed E-state index contributed by atoms with van der Waals surface area (Å²) in [6, 6.07) is 24.7. The molecule has 0 aliphatic carbocycles. The fourth-order valence-electron chi connectivity index (χ4n) is 4.03. The second-order valence-corrected chi connectivity index (χ2v) is 8.94. The number of fused-ring (bicyclic) bond motifs is 1. The smallest absolute Gasteiger partial charge is 0.262 e. The number of amides is 1. The Balaban J connectivity index is 1.49. The van der Waals surface area contributed by atoms with Crippen LogP contribution in [-0.2, 0) is 17.9 Å². The molecule has 198 valence electrons. The molecule has 8 heteroatoms. The molecular weight excluding hydrogens is 516 g/mol. The van der Waals surface area contributed by atoms with Gasteiger partial charge in [-0.1, -0.05) is 48.0 Å². The highest BCUT2D eigenvalue weighted by Gasteiger charge is 2.15. The van der Waals surface area contributed by atoms with Gasteiger partial charge in [-0.15, -0.1) is 0 Å². The molecule has 0 saturated carbocycles. The van der Waals surface area contributed by atoms with Crippen molar-refractivity contribution >= 4 is 34.4 Å². The van der Waals surface area contributed by atoms with E-state index in [0.717, 1.165) is 21.9 Å². The van der Waals surface area contributed by atoms with Crippen LogP contribution in [0.2, 0.25) is 5.02 Å². The van der Waals surface area contributed by atoms with Crippen molar-refractivity contribution in [3.63, 3.8) is 0 Å². The number of benzene rings is 4. The van der Waals surface area contributed by atoms with E-state index in [4.69, 9.17) is 30.5 Å². The monoisotopic (exact) mass is 542 g/mol. The quantitative estimate of drug-likeness (QED) is 0.186. The number of hydrogen-bond donors (Lipinski definition) is 1. The summed E-state index contributed by atoms with van der Waals surface area (Å²) in [5.74, 6) is 1.42. The Morgan fingerprint density at radius 1 is 0.923 bits per heavy atom. The number of hydrogen-bond acceptors (Lipinski definition) is 6. The summed E-state index contributed by atoms with van der Waals surface area (Å²) in [6.07, 6.45) is 1.45. The van der Waals surface area contributed by atoms with E-state index in [9.17, 15) is 10.1 Å². The second kappa shape index (κ2) is 12.7. The van der Waals surface area contributed by atoms with E-state index in [-0.39, 0.29) is 18.7 Å². The molecule has 4 aromatic rings. The van der Waals surface area contributed by atoms with Crippen molar-refractivity contribution in [1.29, 1.82) is 5.26 Å². The molecule has 0 fully saturated rings. The van der Waals surface area contributed by atoms with E-state index in [1.165, 1.54) is 20.3 Å². The minimum Gasteiger partial charge on any atom is -0.497 e. The number of rotatable bonds is 10. The first-order valence-corrected chi connectivity index (χ1v) is 12.4. The molecule has 0 aliphatic heterocycles. The lowest BCUT2D eigenvalue weighted by atomic mass is 10.1. The van der Waals surface area contributed by atoms with Crippen LogP contribution < -0.4 is 24.3 Å². The first-order valence-electron chi connectivity index (χ1n) is 12.0. The molecule has 39 heavy (non-hydrogen) atoms. The van der Waals surface area contributed by atoms with Crippen molar-refractivity contribution in [2.24, 2.45) is 0 Å². The van der Waals surface area contributed by atoms with Crippen molar-refractivity contribution < 1.29 is 23.7 Å². The highest BCUT2D eigenvalue weighted by atomic mass is 35.5. The van der Waals surface area contributed by atoms with Crippen LogP contribution in [-0.4, -0.2) is 27.2 Å². The number of nitriles is 1. The molecule has 0 aliphatic rings. The van der Waals surface area contributed by atoms with Crippen LogP contribution in [0.25, 0.3) is 16.8 Å². The van der Waals surface area contributed by atoms with Gasteiger partial charge in [-0.2, -0.15) is 5.26 Å². The molecule has 1 N–H and O–H groups in total. The van der Waals surface area contributed by atoms with Gasteiger partial charge < -0.3 is 24.3 Å². The third-order valence-electron chi connectivity index (χ3n) is 6.06. The maximum atomic E-state index is 12.8. The number of methoxy groups -OCH3 is 3. The normalized spacial score (nSPS) is 11.0. The van der Waals surface area contributed by atoms with E-state index in [1.54, 1.807) is 37.4 Å².